The zero-order valence-electron chi connectivity index (χ0n) is 17.4. The Hall–Kier alpha value is -3.73. The lowest BCUT2D eigenvalue weighted by molar-refractivity contribution is -0.384. The first kappa shape index (κ1) is 22.1. The molecule has 2 bridgehead atoms. The smallest absolute Gasteiger partial charge is 0.407 e. The van der Waals surface area contributed by atoms with Crippen molar-refractivity contribution in [1.82, 2.24) is 15.1 Å². The van der Waals surface area contributed by atoms with E-state index in [1.54, 1.807) is 18.2 Å². The molecule has 0 radical (unpaired) electrons. The molecule has 2 aromatic rings. The number of halogens is 1. The van der Waals surface area contributed by atoms with Crippen molar-refractivity contribution in [3.05, 3.63) is 72.8 Å². The van der Waals surface area contributed by atoms with Crippen molar-refractivity contribution in [2.24, 2.45) is 0 Å². The van der Waals surface area contributed by atoms with Crippen molar-refractivity contribution in [1.29, 1.82) is 5.26 Å². The highest BCUT2D eigenvalue weighted by Gasteiger charge is 2.78. The van der Waals surface area contributed by atoms with Gasteiger partial charge in [0, 0.05) is 22.2 Å². The van der Waals surface area contributed by atoms with E-state index in [1.807, 2.05) is 22.6 Å². The monoisotopic (exact) mass is 573 g/mol. The molecule has 3 unspecified atom stereocenters. The van der Waals surface area contributed by atoms with Crippen LogP contribution in [0.1, 0.15) is 23.1 Å². The number of piperazine rings is 1. The molecule has 0 aromatic heterocycles. The average molecular weight is 573 g/mol. The molecule has 12 heteroatoms. The largest absolute Gasteiger partial charge is 0.465 e. The minimum absolute atomic E-state index is 0.0398. The third kappa shape index (κ3) is 2.70. The lowest BCUT2D eigenvalue weighted by atomic mass is 9.68. The number of imide groups is 1. The molecule has 172 valence electrons. The molecular formula is C22H16IN5O6. The molecule has 34 heavy (non-hydrogen) atoms. The van der Waals surface area contributed by atoms with Crippen LogP contribution in [0, 0.1) is 25.0 Å². The van der Waals surface area contributed by atoms with Crippen LogP contribution in [0.5, 0.6) is 0 Å². The van der Waals surface area contributed by atoms with Crippen molar-refractivity contribution in [2.45, 2.75) is 30.0 Å². The molecular weight excluding hydrogens is 557 g/mol. The SMILES string of the molecule is N#Cc1ccc(C23C(=O)NC(=O)N2C2CN(C(=O)O)C3(Cc3ccc([N+](=O)[O-])cc3)C2)cc1I. The molecule has 3 saturated heterocycles. The van der Waals surface area contributed by atoms with Gasteiger partial charge in [0.05, 0.1) is 22.1 Å². The first-order valence-electron chi connectivity index (χ1n) is 10.2. The molecule has 2 aromatic carbocycles. The van der Waals surface area contributed by atoms with Crippen molar-refractivity contribution in [3.63, 3.8) is 0 Å². The molecule has 0 aliphatic carbocycles. The number of nitriles is 1. The Bertz CT molecular complexity index is 1320. The van der Waals surface area contributed by atoms with E-state index in [4.69, 9.17) is 0 Å². The van der Waals surface area contributed by atoms with E-state index in [-0.39, 0.29) is 25.1 Å². The summed E-state index contributed by atoms with van der Waals surface area (Å²) in [6.07, 6.45) is -0.938. The number of hydrogen-bond acceptors (Lipinski definition) is 6. The Morgan fingerprint density at radius 2 is 2.00 bits per heavy atom. The predicted octanol–water partition coefficient (Wildman–Crippen LogP) is 2.57. The molecule has 3 heterocycles. The van der Waals surface area contributed by atoms with Gasteiger partial charge in [0.1, 0.15) is 6.07 Å². The Balaban J connectivity index is 1.74. The van der Waals surface area contributed by atoms with Crippen LogP contribution in [0.25, 0.3) is 0 Å². The number of carbonyl (C=O) groups excluding carboxylic acids is 2. The summed E-state index contributed by atoms with van der Waals surface area (Å²) < 4.78 is 0.564. The standard InChI is InChI=1S/C22H16IN5O6/c23-17-7-14(4-3-13(17)10-24)22-18(29)25-19(30)27(22)16-9-21(22,26(11-16)20(31)32)8-12-1-5-15(6-2-12)28(33)34/h1-7,16H,8-9,11H2,(H,31,32)(H,25,29,30). The fraction of sp³-hybridized carbons (Fsp3) is 0.273. The summed E-state index contributed by atoms with van der Waals surface area (Å²) in [5, 5.41) is 32.9. The summed E-state index contributed by atoms with van der Waals surface area (Å²) in [4.78, 5) is 52.1. The van der Waals surface area contributed by atoms with Crippen LogP contribution in [0.2, 0.25) is 0 Å². The van der Waals surface area contributed by atoms with Crippen molar-refractivity contribution in [2.75, 3.05) is 6.54 Å². The number of nitro benzene ring substituents is 1. The van der Waals surface area contributed by atoms with Crippen LogP contribution in [0.3, 0.4) is 0 Å². The second kappa shape index (κ2) is 7.39. The molecule has 3 fully saturated rings. The van der Waals surface area contributed by atoms with Gasteiger partial charge in [-0.15, -0.1) is 0 Å². The van der Waals surface area contributed by atoms with Gasteiger partial charge < -0.3 is 5.11 Å². The van der Waals surface area contributed by atoms with Crippen molar-refractivity contribution < 1.29 is 24.4 Å². The van der Waals surface area contributed by atoms with E-state index in [0.717, 1.165) is 0 Å². The predicted molar refractivity (Wildman–Crippen MR) is 124 cm³/mol. The van der Waals surface area contributed by atoms with E-state index in [9.17, 15) is 34.9 Å². The number of hydrogen-bond donors (Lipinski definition) is 2. The van der Waals surface area contributed by atoms with Gasteiger partial charge in [-0.25, -0.2) is 9.59 Å². The number of urea groups is 1. The summed E-state index contributed by atoms with van der Waals surface area (Å²) in [6, 6.07) is 11.4. The van der Waals surface area contributed by atoms with Gasteiger partial charge >= 0.3 is 12.1 Å². The Morgan fingerprint density at radius 3 is 2.59 bits per heavy atom. The lowest BCUT2D eigenvalue weighted by Gasteiger charge is -2.51. The second-order valence-corrected chi connectivity index (χ2v) is 9.69. The number of carbonyl (C=O) groups is 3. The third-order valence-electron chi connectivity index (χ3n) is 7.03. The number of non-ortho nitro benzene ring substituents is 1. The Labute approximate surface area is 206 Å². The number of benzene rings is 2. The molecule has 3 aliphatic rings. The van der Waals surface area contributed by atoms with Crippen molar-refractivity contribution >= 4 is 46.3 Å². The van der Waals surface area contributed by atoms with Crippen LogP contribution < -0.4 is 5.32 Å². The van der Waals surface area contributed by atoms with Crippen LogP contribution >= 0.6 is 22.6 Å². The number of nitrogens with one attached hydrogen (secondary N) is 1. The Kier molecular flexibility index (Phi) is 4.80. The van der Waals surface area contributed by atoms with Crippen LogP contribution in [0.4, 0.5) is 15.3 Å². The lowest BCUT2D eigenvalue weighted by Crippen LogP contribution is -2.70. The van der Waals surface area contributed by atoms with Gasteiger partial charge in [0.15, 0.2) is 5.54 Å². The van der Waals surface area contributed by atoms with Crippen LogP contribution in [0.15, 0.2) is 42.5 Å². The number of likely N-dealkylation sites (tertiary alicyclic amines) is 1. The normalized spacial score (nSPS) is 26.9. The molecule has 0 saturated carbocycles. The summed E-state index contributed by atoms with van der Waals surface area (Å²) >= 11 is 1.97. The molecule has 0 spiro atoms. The minimum atomic E-state index is -1.65. The number of nitrogens with zero attached hydrogens (tertiary/aromatic N) is 4. The molecule has 3 atom stereocenters. The maximum atomic E-state index is 13.6. The van der Waals surface area contributed by atoms with Gasteiger partial charge in [-0.05, 0) is 58.7 Å². The van der Waals surface area contributed by atoms with Crippen LogP contribution in [-0.2, 0) is 16.8 Å². The zero-order chi connectivity index (χ0) is 24.4. The highest BCUT2D eigenvalue weighted by Crippen LogP contribution is 2.60. The average Bonchev–Trinajstić information content (AvgIpc) is 3.40. The molecule has 4 amide bonds. The van der Waals surface area contributed by atoms with Gasteiger partial charge in [0.2, 0.25) is 0 Å². The van der Waals surface area contributed by atoms with Gasteiger partial charge in [-0.3, -0.25) is 30.0 Å². The number of rotatable bonds is 4. The third-order valence-corrected chi connectivity index (χ3v) is 7.93. The first-order chi connectivity index (χ1) is 16.2. The highest BCUT2D eigenvalue weighted by atomic mass is 127. The summed E-state index contributed by atoms with van der Waals surface area (Å²) in [5.74, 6) is -0.631. The summed E-state index contributed by atoms with van der Waals surface area (Å²) in [5.41, 5.74) is -1.73. The number of carboxylic acid groups (broad SMARTS) is 1. The highest BCUT2D eigenvalue weighted by molar-refractivity contribution is 14.1. The zero-order valence-corrected chi connectivity index (χ0v) is 19.6. The minimum Gasteiger partial charge on any atom is -0.465 e. The molecule has 3 aliphatic heterocycles. The maximum Gasteiger partial charge on any atom is 0.407 e. The second-order valence-electron chi connectivity index (χ2n) is 8.53. The first-order valence-corrected chi connectivity index (χ1v) is 11.3. The van der Waals surface area contributed by atoms with Gasteiger partial charge in [0.25, 0.3) is 11.6 Å². The fourth-order valence-corrected chi connectivity index (χ4v) is 6.49. The molecule has 11 nitrogen and oxygen atoms in total. The summed E-state index contributed by atoms with van der Waals surface area (Å²) in [6.45, 7) is 0.0398. The quantitative estimate of drug-likeness (QED) is 0.246. The van der Waals surface area contributed by atoms with E-state index in [1.165, 1.54) is 34.1 Å². The van der Waals surface area contributed by atoms with Crippen molar-refractivity contribution in [3.8, 4) is 6.07 Å². The van der Waals surface area contributed by atoms with E-state index in [2.05, 4.69) is 11.4 Å². The Morgan fingerprint density at radius 1 is 1.29 bits per heavy atom. The summed E-state index contributed by atoms with van der Waals surface area (Å²) in [7, 11) is 0. The van der Waals surface area contributed by atoms with Gasteiger partial charge in [-0.2, -0.15) is 5.26 Å². The number of amides is 4. The number of fused-ring (bicyclic) bond motifs is 5. The van der Waals surface area contributed by atoms with E-state index >= 15 is 0 Å². The topological polar surface area (TPSA) is 157 Å². The number of nitro groups is 1. The van der Waals surface area contributed by atoms with Gasteiger partial charge in [-0.1, -0.05) is 18.2 Å². The molecule has 2 N–H and O–H groups in total. The van der Waals surface area contributed by atoms with E-state index in [0.29, 0.717) is 20.3 Å². The fourth-order valence-electron chi connectivity index (χ4n) is 5.85. The van der Waals surface area contributed by atoms with Crippen LogP contribution in [-0.4, -0.2) is 56.0 Å². The maximum absolute atomic E-state index is 13.6. The van der Waals surface area contributed by atoms with E-state index < -0.39 is 40.1 Å². The molecule has 5 rings (SSSR count).